The number of rotatable bonds is 1. The van der Waals surface area contributed by atoms with E-state index in [0.717, 1.165) is 15.4 Å². The average molecular weight is 371 g/mol. The number of fused-ring (bicyclic) bond motifs is 3. The lowest BCUT2D eigenvalue weighted by atomic mass is 10.1. The van der Waals surface area contributed by atoms with E-state index in [4.69, 9.17) is 0 Å². The second-order valence-corrected chi connectivity index (χ2v) is 5.86. The van der Waals surface area contributed by atoms with Crippen LogP contribution in [0.15, 0.2) is 58.1 Å². The largest absolute Gasteiger partial charge is 0.300 e. The molecule has 0 saturated carbocycles. The first-order valence-corrected chi connectivity index (χ1v) is 7.52. The van der Waals surface area contributed by atoms with Crippen LogP contribution in [0.4, 0.5) is 4.39 Å². The molecule has 0 N–H and O–H groups in total. The molecular weight excluding hydrogens is 363 g/mol. The summed E-state index contributed by atoms with van der Waals surface area (Å²) in [7, 11) is 0. The fourth-order valence-electron chi connectivity index (χ4n) is 2.37. The van der Waals surface area contributed by atoms with Crippen molar-refractivity contribution in [3.63, 3.8) is 0 Å². The SMILES string of the molecule is O=c1nc2c3cc(Br)ccc3ncn2nc1-c1ccc(F)cc1. The molecule has 0 unspecified atom stereocenters. The van der Waals surface area contributed by atoms with E-state index in [2.05, 4.69) is 31.0 Å². The second-order valence-electron chi connectivity index (χ2n) is 4.95. The maximum absolute atomic E-state index is 13.0. The fourth-order valence-corrected chi connectivity index (χ4v) is 2.73. The molecule has 112 valence electrons. The summed E-state index contributed by atoms with van der Waals surface area (Å²) < 4.78 is 15.3. The predicted molar refractivity (Wildman–Crippen MR) is 87.7 cm³/mol. The van der Waals surface area contributed by atoms with Crippen LogP contribution in [0.25, 0.3) is 27.8 Å². The number of benzene rings is 2. The zero-order valence-corrected chi connectivity index (χ0v) is 13.2. The molecule has 0 atom stereocenters. The molecule has 0 radical (unpaired) electrons. The van der Waals surface area contributed by atoms with Gasteiger partial charge in [0.2, 0.25) is 0 Å². The van der Waals surface area contributed by atoms with Gasteiger partial charge in [-0.1, -0.05) is 15.9 Å². The van der Waals surface area contributed by atoms with Crippen molar-refractivity contribution in [1.29, 1.82) is 0 Å². The molecule has 0 saturated heterocycles. The van der Waals surface area contributed by atoms with Crippen LogP contribution in [0, 0.1) is 5.82 Å². The molecule has 2 aromatic carbocycles. The van der Waals surface area contributed by atoms with E-state index in [9.17, 15) is 9.18 Å². The molecule has 5 nitrogen and oxygen atoms in total. The molecule has 0 aliphatic heterocycles. The summed E-state index contributed by atoms with van der Waals surface area (Å²) in [6, 6.07) is 11.1. The molecule has 7 heteroatoms. The first-order valence-electron chi connectivity index (χ1n) is 6.73. The van der Waals surface area contributed by atoms with Crippen molar-refractivity contribution in [3.8, 4) is 11.3 Å². The lowest BCUT2D eigenvalue weighted by Crippen LogP contribution is -2.16. The van der Waals surface area contributed by atoms with Gasteiger partial charge in [0.05, 0.1) is 5.52 Å². The highest BCUT2D eigenvalue weighted by molar-refractivity contribution is 9.10. The summed E-state index contributed by atoms with van der Waals surface area (Å²) in [5, 5.41) is 5.02. The van der Waals surface area contributed by atoms with Gasteiger partial charge >= 0.3 is 0 Å². The molecule has 0 fully saturated rings. The normalized spacial score (nSPS) is 11.2. The minimum atomic E-state index is -0.468. The lowest BCUT2D eigenvalue weighted by Gasteiger charge is -2.06. The van der Waals surface area contributed by atoms with E-state index < -0.39 is 5.56 Å². The molecule has 4 rings (SSSR count). The van der Waals surface area contributed by atoms with E-state index in [-0.39, 0.29) is 11.5 Å². The van der Waals surface area contributed by atoms with Crippen molar-refractivity contribution in [2.24, 2.45) is 0 Å². The zero-order valence-electron chi connectivity index (χ0n) is 11.6. The molecule has 0 aliphatic rings. The zero-order chi connectivity index (χ0) is 16.0. The Morgan fingerprint density at radius 2 is 1.87 bits per heavy atom. The Kier molecular flexibility index (Phi) is 3.16. The summed E-state index contributed by atoms with van der Waals surface area (Å²) >= 11 is 3.40. The van der Waals surface area contributed by atoms with E-state index in [1.807, 2.05) is 18.2 Å². The van der Waals surface area contributed by atoms with Gasteiger partial charge in [0.1, 0.15) is 12.1 Å². The average Bonchev–Trinajstić information content (AvgIpc) is 2.55. The van der Waals surface area contributed by atoms with Gasteiger partial charge < -0.3 is 0 Å². The van der Waals surface area contributed by atoms with Gasteiger partial charge in [-0.2, -0.15) is 10.1 Å². The van der Waals surface area contributed by atoms with Crippen molar-refractivity contribution in [3.05, 3.63) is 69.4 Å². The van der Waals surface area contributed by atoms with Crippen molar-refractivity contribution < 1.29 is 4.39 Å². The third kappa shape index (κ3) is 2.39. The molecule has 23 heavy (non-hydrogen) atoms. The van der Waals surface area contributed by atoms with Crippen LogP contribution in [0.3, 0.4) is 0 Å². The Balaban J connectivity index is 2.03. The summed E-state index contributed by atoms with van der Waals surface area (Å²) in [5.41, 5.74) is 1.33. The number of aromatic nitrogens is 4. The van der Waals surface area contributed by atoms with Crippen LogP contribution < -0.4 is 5.56 Å². The summed E-state index contributed by atoms with van der Waals surface area (Å²) in [4.78, 5) is 20.8. The van der Waals surface area contributed by atoms with Crippen molar-refractivity contribution >= 4 is 32.5 Å². The highest BCUT2D eigenvalue weighted by atomic mass is 79.9. The highest BCUT2D eigenvalue weighted by Gasteiger charge is 2.11. The Labute approximate surface area is 137 Å². The number of hydrogen-bond donors (Lipinski definition) is 0. The quantitative estimate of drug-likeness (QED) is 0.482. The maximum Gasteiger partial charge on any atom is 0.300 e. The molecular formula is C16H8BrFN4O. The smallest absolute Gasteiger partial charge is 0.265 e. The van der Waals surface area contributed by atoms with Gasteiger partial charge in [0, 0.05) is 15.4 Å². The van der Waals surface area contributed by atoms with Crippen molar-refractivity contribution in [1.82, 2.24) is 19.6 Å². The minimum absolute atomic E-state index is 0.152. The van der Waals surface area contributed by atoms with Gasteiger partial charge in [0.15, 0.2) is 11.3 Å². The van der Waals surface area contributed by atoms with Crippen LogP contribution in [-0.4, -0.2) is 19.6 Å². The maximum atomic E-state index is 13.0. The van der Waals surface area contributed by atoms with Gasteiger partial charge in [-0.3, -0.25) is 4.79 Å². The van der Waals surface area contributed by atoms with Gasteiger partial charge in [-0.15, -0.1) is 0 Å². The third-order valence-corrected chi connectivity index (χ3v) is 3.95. The molecule has 4 aromatic rings. The number of halogens is 2. The number of nitrogens with zero attached hydrogens (tertiary/aromatic N) is 4. The van der Waals surface area contributed by atoms with Crippen LogP contribution in [0.2, 0.25) is 0 Å². The molecule has 0 amide bonds. The molecule has 0 bridgehead atoms. The number of hydrogen-bond acceptors (Lipinski definition) is 4. The Hall–Kier alpha value is -2.67. The highest BCUT2D eigenvalue weighted by Crippen LogP contribution is 2.21. The summed E-state index contributed by atoms with van der Waals surface area (Å²) in [6.07, 6.45) is 1.50. The van der Waals surface area contributed by atoms with E-state index >= 15 is 0 Å². The third-order valence-electron chi connectivity index (χ3n) is 3.46. The molecule has 0 spiro atoms. The Bertz CT molecular complexity index is 1110. The van der Waals surface area contributed by atoms with Crippen LogP contribution in [0.5, 0.6) is 0 Å². The second kappa shape index (κ2) is 5.20. The topological polar surface area (TPSA) is 60.2 Å². The molecule has 2 heterocycles. The van der Waals surface area contributed by atoms with E-state index in [1.165, 1.54) is 35.1 Å². The Morgan fingerprint density at radius 3 is 2.65 bits per heavy atom. The fraction of sp³-hybridized carbons (Fsp3) is 0. The Morgan fingerprint density at radius 1 is 1.09 bits per heavy atom. The van der Waals surface area contributed by atoms with Gasteiger partial charge in [-0.05, 0) is 42.5 Å². The van der Waals surface area contributed by atoms with Crippen LogP contribution >= 0.6 is 15.9 Å². The van der Waals surface area contributed by atoms with E-state index in [1.54, 1.807) is 0 Å². The van der Waals surface area contributed by atoms with Gasteiger partial charge in [-0.25, -0.2) is 13.9 Å². The standard InChI is InChI=1S/C16H8BrFN4O/c17-10-3-6-13-12(7-10)15-20-16(23)14(21-22(15)8-19-13)9-1-4-11(18)5-2-9/h1-8H. The molecule has 0 aliphatic carbocycles. The summed E-state index contributed by atoms with van der Waals surface area (Å²) in [5.74, 6) is -0.375. The monoisotopic (exact) mass is 370 g/mol. The van der Waals surface area contributed by atoms with Gasteiger partial charge in [0.25, 0.3) is 5.56 Å². The van der Waals surface area contributed by atoms with Crippen molar-refractivity contribution in [2.45, 2.75) is 0 Å². The molecule has 2 aromatic heterocycles. The predicted octanol–water partition coefficient (Wildman–Crippen LogP) is 3.21. The minimum Gasteiger partial charge on any atom is -0.265 e. The summed E-state index contributed by atoms with van der Waals surface area (Å²) in [6.45, 7) is 0. The first kappa shape index (κ1) is 14.0. The van der Waals surface area contributed by atoms with Crippen LogP contribution in [0.1, 0.15) is 0 Å². The van der Waals surface area contributed by atoms with E-state index in [0.29, 0.717) is 11.2 Å². The first-order chi connectivity index (χ1) is 11.1. The lowest BCUT2D eigenvalue weighted by molar-refractivity contribution is 0.628. The van der Waals surface area contributed by atoms with Crippen LogP contribution in [-0.2, 0) is 0 Å². The van der Waals surface area contributed by atoms with Crippen molar-refractivity contribution in [2.75, 3.05) is 0 Å².